The number of hydrogen-bond acceptors (Lipinski definition) is 4. The van der Waals surface area contributed by atoms with E-state index < -0.39 is 0 Å². The zero-order chi connectivity index (χ0) is 12.0. The Morgan fingerprint density at radius 1 is 1.44 bits per heavy atom. The van der Waals surface area contributed by atoms with E-state index in [1.54, 1.807) is 7.11 Å². The third kappa shape index (κ3) is 3.24. The number of rotatable bonds is 5. The predicted molar refractivity (Wildman–Crippen MR) is 61.4 cm³/mol. The minimum atomic E-state index is -0.252. The van der Waals surface area contributed by atoms with Crippen molar-refractivity contribution in [2.75, 3.05) is 20.8 Å². The Kier molecular flexibility index (Phi) is 4.79. The first-order chi connectivity index (χ1) is 7.71. The smallest absolute Gasteiger partial charge is 0.306 e. The third-order valence-corrected chi connectivity index (χ3v) is 2.49. The van der Waals surface area contributed by atoms with Gasteiger partial charge in [0, 0.05) is 5.92 Å². The lowest BCUT2D eigenvalue weighted by Crippen LogP contribution is -2.17. The van der Waals surface area contributed by atoms with Gasteiger partial charge in [0.25, 0.3) is 0 Å². The molecular weight excluding hydrogens is 206 g/mol. The maximum atomic E-state index is 11.2. The van der Waals surface area contributed by atoms with Crippen molar-refractivity contribution in [3.05, 3.63) is 29.8 Å². The summed E-state index contributed by atoms with van der Waals surface area (Å²) in [6.07, 6.45) is 0.292. The number of methoxy groups -OCH3 is 2. The first kappa shape index (κ1) is 12.5. The zero-order valence-corrected chi connectivity index (χ0v) is 9.60. The fourth-order valence-corrected chi connectivity index (χ4v) is 1.52. The van der Waals surface area contributed by atoms with Crippen molar-refractivity contribution >= 4 is 5.97 Å². The van der Waals surface area contributed by atoms with Crippen molar-refractivity contribution in [2.45, 2.75) is 12.3 Å². The van der Waals surface area contributed by atoms with Gasteiger partial charge in [-0.3, -0.25) is 4.79 Å². The molecule has 4 nitrogen and oxygen atoms in total. The highest BCUT2D eigenvalue weighted by Crippen LogP contribution is 2.23. The molecule has 0 amide bonds. The summed E-state index contributed by atoms with van der Waals surface area (Å²) >= 11 is 0. The van der Waals surface area contributed by atoms with Gasteiger partial charge in [-0.05, 0) is 24.2 Å². The largest absolute Gasteiger partial charge is 0.497 e. The first-order valence-electron chi connectivity index (χ1n) is 5.12. The van der Waals surface area contributed by atoms with Gasteiger partial charge in [-0.25, -0.2) is 0 Å². The van der Waals surface area contributed by atoms with Gasteiger partial charge in [-0.15, -0.1) is 0 Å². The van der Waals surface area contributed by atoms with E-state index in [0.29, 0.717) is 13.0 Å². The Bertz CT molecular complexity index is 352. The quantitative estimate of drug-likeness (QED) is 0.764. The second-order valence-corrected chi connectivity index (χ2v) is 3.49. The molecule has 0 aliphatic rings. The SMILES string of the molecule is COC(=O)C[C@H](CN)c1cccc(OC)c1. The number of ether oxygens (including phenoxy) is 2. The molecule has 0 aromatic heterocycles. The molecule has 0 aliphatic carbocycles. The van der Waals surface area contributed by atoms with Crippen LogP contribution in [0.25, 0.3) is 0 Å². The lowest BCUT2D eigenvalue weighted by atomic mass is 9.96. The standard InChI is InChI=1S/C12H17NO3/c1-15-11-5-3-4-9(6-11)10(8-13)7-12(14)16-2/h3-6,10H,7-8,13H2,1-2H3/t10-/m1/s1. The highest BCUT2D eigenvalue weighted by molar-refractivity contribution is 5.70. The summed E-state index contributed by atoms with van der Waals surface area (Å²) in [5.74, 6) is 0.488. The fraction of sp³-hybridized carbons (Fsp3) is 0.417. The molecule has 1 aromatic rings. The molecule has 0 saturated carbocycles. The number of benzene rings is 1. The lowest BCUT2D eigenvalue weighted by Gasteiger charge is -2.14. The summed E-state index contributed by atoms with van der Waals surface area (Å²) in [6, 6.07) is 7.56. The van der Waals surface area contributed by atoms with Crippen LogP contribution in [-0.2, 0) is 9.53 Å². The van der Waals surface area contributed by atoms with Gasteiger partial charge in [-0.1, -0.05) is 12.1 Å². The van der Waals surface area contributed by atoms with Gasteiger partial charge < -0.3 is 15.2 Å². The Hall–Kier alpha value is -1.55. The number of carbonyl (C=O) groups is 1. The molecule has 0 aliphatic heterocycles. The molecule has 0 heterocycles. The predicted octanol–water partition coefficient (Wildman–Crippen LogP) is 1.30. The molecule has 16 heavy (non-hydrogen) atoms. The molecule has 1 atom stereocenters. The topological polar surface area (TPSA) is 61.5 Å². The van der Waals surface area contributed by atoms with Crippen LogP contribution in [-0.4, -0.2) is 26.7 Å². The Morgan fingerprint density at radius 2 is 2.19 bits per heavy atom. The maximum Gasteiger partial charge on any atom is 0.306 e. The van der Waals surface area contributed by atoms with Gasteiger partial charge in [0.15, 0.2) is 0 Å². The Labute approximate surface area is 95.3 Å². The van der Waals surface area contributed by atoms with E-state index >= 15 is 0 Å². The summed E-state index contributed by atoms with van der Waals surface area (Å²) in [5, 5.41) is 0. The highest BCUT2D eigenvalue weighted by atomic mass is 16.5. The number of esters is 1. The summed E-state index contributed by atoms with van der Waals surface area (Å²) in [7, 11) is 2.98. The fourth-order valence-electron chi connectivity index (χ4n) is 1.52. The van der Waals surface area contributed by atoms with E-state index in [0.717, 1.165) is 11.3 Å². The van der Waals surface area contributed by atoms with Crippen molar-refractivity contribution in [1.82, 2.24) is 0 Å². The van der Waals surface area contributed by atoms with Crippen LogP contribution in [0.3, 0.4) is 0 Å². The van der Waals surface area contributed by atoms with Crippen LogP contribution in [0.2, 0.25) is 0 Å². The van der Waals surface area contributed by atoms with Crippen LogP contribution < -0.4 is 10.5 Å². The van der Waals surface area contributed by atoms with E-state index in [2.05, 4.69) is 4.74 Å². The average Bonchev–Trinajstić information content (AvgIpc) is 2.35. The molecule has 1 aromatic carbocycles. The van der Waals surface area contributed by atoms with Crippen molar-refractivity contribution < 1.29 is 14.3 Å². The zero-order valence-electron chi connectivity index (χ0n) is 9.60. The normalized spacial score (nSPS) is 11.9. The molecule has 0 unspecified atom stereocenters. The lowest BCUT2D eigenvalue weighted by molar-refractivity contribution is -0.141. The molecular formula is C12H17NO3. The van der Waals surface area contributed by atoms with Crippen LogP contribution in [0.4, 0.5) is 0 Å². The van der Waals surface area contributed by atoms with Gasteiger partial charge in [0.05, 0.1) is 20.6 Å². The summed E-state index contributed by atoms with van der Waals surface area (Å²) < 4.78 is 9.76. The van der Waals surface area contributed by atoms with E-state index in [1.165, 1.54) is 7.11 Å². The van der Waals surface area contributed by atoms with Gasteiger partial charge in [0.1, 0.15) is 5.75 Å². The Balaban J connectivity index is 2.81. The summed E-state index contributed by atoms with van der Waals surface area (Å²) in [6.45, 7) is 0.405. The molecule has 0 spiro atoms. The summed E-state index contributed by atoms with van der Waals surface area (Å²) in [4.78, 5) is 11.2. The second kappa shape index (κ2) is 6.12. The van der Waals surface area contributed by atoms with E-state index in [1.807, 2.05) is 24.3 Å². The Morgan fingerprint density at radius 3 is 2.75 bits per heavy atom. The van der Waals surface area contributed by atoms with Crippen molar-refractivity contribution in [2.24, 2.45) is 5.73 Å². The molecule has 0 saturated heterocycles. The monoisotopic (exact) mass is 223 g/mol. The third-order valence-electron chi connectivity index (χ3n) is 2.49. The average molecular weight is 223 g/mol. The van der Waals surface area contributed by atoms with Crippen LogP contribution in [0.5, 0.6) is 5.75 Å². The molecule has 4 heteroatoms. The summed E-state index contributed by atoms with van der Waals surface area (Å²) in [5.41, 5.74) is 6.64. The minimum Gasteiger partial charge on any atom is -0.497 e. The van der Waals surface area contributed by atoms with Crippen molar-refractivity contribution in [1.29, 1.82) is 0 Å². The molecule has 1 rings (SSSR count). The second-order valence-electron chi connectivity index (χ2n) is 3.49. The highest BCUT2D eigenvalue weighted by Gasteiger charge is 2.15. The molecule has 0 radical (unpaired) electrons. The molecule has 2 N–H and O–H groups in total. The van der Waals surface area contributed by atoms with E-state index in [9.17, 15) is 4.79 Å². The van der Waals surface area contributed by atoms with Gasteiger partial charge >= 0.3 is 5.97 Å². The van der Waals surface area contributed by atoms with E-state index in [4.69, 9.17) is 10.5 Å². The van der Waals surface area contributed by atoms with Crippen LogP contribution >= 0.6 is 0 Å². The molecule has 0 fully saturated rings. The molecule has 0 bridgehead atoms. The van der Waals surface area contributed by atoms with Gasteiger partial charge in [0.2, 0.25) is 0 Å². The minimum absolute atomic E-state index is 0.0254. The number of carbonyl (C=O) groups excluding carboxylic acids is 1. The number of hydrogen-bond donors (Lipinski definition) is 1. The molecule has 88 valence electrons. The van der Waals surface area contributed by atoms with Crippen LogP contribution in [0.1, 0.15) is 17.9 Å². The van der Waals surface area contributed by atoms with Crippen LogP contribution in [0.15, 0.2) is 24.3 Å². The maximum absolute atomic E-state index is 11.2. The number of nitrogens with two attached hydrogens (primary N) is 1. The van der Waals surface area contributed by atoms with Crippen molar-refractivity contribution in [3.63, 3.8) is 0 Å². The van der Waals surface area contributed by atoms with Crippen molar-refractivity contribution in [3.8, 4) is 5.75 Å². The van der Waals surface area contributed by atoms with E-state index in [-0.39, 0.29) is 11.9 Å². The van der Waals surface area contributed by atoms with Gasteiger partial charge in [-0.2, -0.15) is 0 Å². The first-order valence-corrected chi connectivity index (χ1v) is 5.12. The van der Waals surface area contributed by atoms with Crippen LogP contribution in [0, 0.1) is 0 Å².